The summed E-state index contributed by atoms with van der Waals surface area (Å²) in [6.45, 7) is 6.54. The molecule has 0 aliphatic carbocycles. The topological polar surface area (TPSA) is 78.9 Å². The fraction of sp³-hybridized carbons (Fsp3) is 0.761. The van der Waals surface area contributed by atoms with Gasteiger partial charge in [0.15, 0.2) is 6.10 Å². The third-order valence-electron chi connectivity index (χ3n) is 14.4. The molecular weight excluding hydrogens is 949 g/mol. The standard InChI is InChI=1S/C71H124O6/c1-4-7-10-13-16-19-22-25-27-29-31-33-34-35-36-38-39-41-43-46-49-52-55-58-61-64-70(73)76-67-68(66-75-69(72)63-60-57-54-51-48-45-24-21-18-15-12-9-6-3)77-71(74)65-62-59-56-53-50-47-44-42-40-37-32-30-28-26-23-20-17-14-11-8-5-2/h8,11,17,20,22,25-26,28-29,31-32,34-35,37,68H,4-7,9-10,12-16,18-19,21,23-24,27,30,33,36,38-67H2,1-3H3/b11-8-,20-17-,25-22-,28-26-,31-29-,35-34-,37-32-. The average Bonchev–Trinajstić information content (AvgIpc) is 3.43. The lowest BCUT2D eigenvalue weighted by Gasteiger charge is -2.18. The summed E-state index contributed by atoms with van der Waals surface area (Å²) >= 11 is 0. The van der Waals surface area contributed by atoms with Crippen molar-refractivity contribution in [1.82, 2.24) is 0 Å². The number of ether oxygens (including phenoxy) is 3. The summed E-state index contributed by atoms with van der Waals surface area (Å²) in [5.74, 6) is -0.876. The van der Waals surface area contributed by atoms with Crippen molar-refractivity contribution in [3.8, 4) is 0 Å². The zero-order valence-electron chi connectivity index (χ0n) is 51.0. The van der Waals surface area contributed by atoms with E-state index in [4.69, 9.17) is 14.2 Å². The van der Waals surface area contributed by atoms with Gasteiger partial charge < -0.3 is 14.2 Å². The molecule has 6 nitrogen and oxygen atoms in total. The highest BCUT2D eigenvalue weighted by atomic mass is 16.6. The number of esters is 3. The van der Waals surface area contributed by atoms with Crippen molar-refractivity contribution in [1.29, 1.82) is 0 Å². The Hall–Kier alpha value is -3.41. The number of hydrogen-bond donors (Lipinski definition) is 0. The highest BCUT2D eigenvalue weighted by Gasteiger charge is 2.19. The molecule has 1 atom stereocenters. The number of hydrogen-bond acceptors (Lipinski definition) is 6. The van der Waals surface area contributed by atoms with Crippen LogP contribution in [0.2, 0.25) is 0 Å². The number of carbonyl (C=O) groups excluding carboxylic acids is 3. The predicted octanol–water partition coefficient (Wildman–Crippen LogP) is 22.7. The lowest BCUT2D eigenvalue weighted by molar-refractivity contribution is -0.167. The molecule has 0 saturated carbocycles. The first kappa shape index (κ1) is 73.6. The molecule has 6 heteroatoms. The monoisotopic (exact) mass is 1070 g/mol. The Bertz CT molecular complexity index is 1470. The van der Waals surface area contributed by atoms with Gasteiger partial charge in [-0.25, -0.2) is 0 Å². The van der Waals surface area contributed by atoms with E-state index in [2.05, 4.69) is 106 Å². The molecule has 0 aromatic rings. The first-order chi connectivity index (χ1) is 38.0. The fourth-order valence-electron chi connectivity index (χ4n) is 9.44. The van der Waals surface area contributed by atoms with E-state index in [1.165, 1.54) is 186 Å². The van der Waals surface area contributed by atoms with Gasteiger partial charge in [0.1, 0.15) is 13.2 Å². The maximum atomic E-state index is 12.9. The van der Waals surface area contributed by atoms with Crippen LogP contribution in [-0.4, -0.2) is 37.2 Å². The van der Waals surface area contributed by atoms with Gasteiger partial charge in [-0.1, -0.05) is 298 Å². The van der Waals surface area contributed by atoms with E-state index >= 15 is 0 Å². The molecule has 0 N–H and O–H groups in total. The lowest BCUT2D eigenvalue weighted by Crippen LogP contribution is -2.30. The largest absolute Gasteiger partial charge is 0.462 e. The Morgan fingerprint density at radius 1 is 0.273 bits per heavy atom. The second-order valence-electron chi connectivity index (χ2n) is 22.0. The van der Waals surface area contributed by atoms with Crippen molar-refractivity contribution in [3.63, 3.8) is 0 Å². The van der Waals surface area contributed by atoms with Gasteiger partial charge in [-0.05, 0) is 96.3 Å². The molecule has 0 heterocycles. The molecule has 0 aliphatic rings. The van der Waals surface area contributed by atoms with Gasteiger partial charge in [0.25, 0.3) is 0 Å². The number of rotatable bonds is 60. The Morgan fingerprint density at radius 3 is 0.792 bits per heavy atom. The molecule has 0 aromatic carbocycles. The van der Waals surface area contributed by atoms with E-state index in [1.807, 2.05) is 0 Å². The summed E-state index contributed by atoms with van der Waals surface area (Å²) < 4.78 is 16.9. The summed E-state index contributed by atoms with van der Waals surface area (Å²) in [6.07, 6.45) is 85.9. The Morgan fingerprint density at radius 2 is 0.506 bits per heavy atom. The Balaban J connectivity index is 4.32. The molecule has 0 aliphatic heterocycles. The maximum Gasteiger partial charge on any atom is 0.306 e. The first-order valence-corrected chi connectivity index (χ1v) is 33.1. The van der Waals surface area contributed by atoms with E-state index in [1.54, 1.807) is 0 Å². The van der Waals surface area contributed by atoms with Crippen LogP contribution in [0.5, 0.6) is 0 Å². The molecule has 0 amide bonds. The molecule has 77 heavy (non-hydrogen) atoms. The summed E-state index contributed by atoms with van der Waals surface area (Å²) in [7, 11) is 0. The normalized spacial score (nSPS) is 12.6. The third kappa shape index (κ3) is 63.3. The number of carbonyl (C=O) groups is 3. The van der Waals surface area contributed by atoms with E-state index in [0.717, 1.165) is 103 Å². The molecule has 0 radical (unpaired) electrons. The Labute approximate surface area is 477 Å². The second-order valence-corrected chi connectivity index (χ2v) is 22.0. The molecule has 0 saturated heterocycles. The SMILES string of the molecule is CC/C=C\C/C=C\C/C=C\C/C=C\CCCCCCCCCCC(=O)OC(COC(=O)CCCCCCCCCCCC/C=C\C/C=C\C/C=C\CCCCCCC)COC(=O)CCCCCCCCCCCCCCC. The number of unbranched alkanes of at least 4 members (excludes halogenated alkanes) is 35. The van der Waals surface area contributed by atoms with Crippen molar-refractivity contribution in [2.24, 2.45) is 0 Å². The smallest absolute Gasteiger partial charge is 0.306 e. The van der Waals surface area contributed by atoms with Gasteiger partial charge in [0.2, 0.25) is 0 Å². The summed E-state index contributed by atoms with van der Waals surface area (Å²) in [4.78, 5) is 38.4. The van der Waals surface area contributed by atoms with Crippen LogP contribution in [0.3, 0.4) is 0 Å². The van der Waals surface area contributed by atoms with Crippen LogP contribution in [0, 0.1) is 0 Å². The van der Waals surface area contributed by atoms with Crippen molar-refractivity contribution in [2.45, 2.75) is 335 Å². The number of allylic oxidation sites excluding steroid dienone is 14. The van der Waals surface area contributed by atoms with Crippen molar-refractivity contribution in [2.75, 3.05) is 13.2 Å². The van der Waals surface area contributed by atoms with E-state index in [0.29, 0.717) is 19.3 Å². The van der Waals surface area contributed by atoms with Crippen LogP contribution in [-0.2, 0) is 28.6 Å². The van der Waals surface area contributed by atoms with Gasteiger partial charge in [-0.3, -0.25) is 14.4 Å². The van der Waals surface area contributed by atoms with Crippen LogP contribution >= 0.6 is 0 Å². The Kier molecular flexibility index (Phi) is 62.2. The van der Waals surface area contributed by atoms with Crippen LogP contribution < -0.4 is 0 Å². The van der Waals surface area contributed by atoms with E-state index in [-0.39, 0.29) is 31.1 Å². The highest BCUT2D eigenvalue weighted by Crippen LogP contribution is 2.17. The zero-order chi connectivity index (χ0) is 55.7. The molecule has 0 fully saturated rings. The zero-order valence-corrected chi connectivity index (χ0v) is 51.0. The van der Waals surface area contributed by atoms with Gasteiger partial charge >= 0.3 is 17.9 Å². The highest BCUT2D eigenvalue weighted by molar-refractivity contribution is 5.71. The van der Waals surface area contributed by atoms with E-state index < -0.39 is 6.10 Å². The van der Waals surface area contributed by atoms with Crippen LogP contribution in [0.1, 0.15) is 329 Å². The maximum absolute atomic E-state index is 12.9. The molecule has 0 rings (SSSR count). The van der Waals surface area contributed by atoms with Gasteiger partial charge in [-0.2, -0.15) is 0 Å². The summed E-state index contributed by atoms with van der Waals surface area (Å²) in [6, 6.07) is 0. The summed E-state index contributed by atoms with van der Waals surface area (Å²) in [5.41, 5.74) is 0. The van der Waals surface area contributed by atoms with Crippen molar-refractivity contribution in [3.05, 3.63) is 85.1 Å². The first-order valence-electron chi connectivity index (χ1n) is 33.1. The molecular formula is C71H124O6. The predicted molar refractivity (Wildman–Crippen MR) is 334 cm³/mol. The minimum atomic E-state index is -0.783. The average molecular weight is 1070 g/mol. The molecule has 1 unspecified atom stereocenters. The van der Waals surface area contributed by atoms with E-state index in [9.17, 15) is 14.4 Å². The second kappa shape index (κ2) is 65.1. The molecule has 0 aromatic heterocycles. The summed E-state index contributed by atoms with van der Waals surface area (Å²) in [5, 5.41) is 0. The molecule has 0 bridgehead atoms. The quantitative estimate of drug-likeness (QED) is 0.0261. The molecule has 0 spiro atoms. The fourth-order valence-corrected chi connectivity index (χ4v) is 9.44. The van der Waals surface area contributed by atoms with Gasteiger partial charge in [-0.15, -0.1) is 0 Å². The minimum absolute atomic E-state index is 0.0781. The van der Waals surface area contributed by atoms with Crippen molar-refractivity contribution < 1.29 is 28.6 Å². The molecule has 444 valence electrons. The van der Waals surface area contributed by atoms with Crippen LogP contribution in [0.4, 0.5) is 0 Å². The minimum Gasteiger partial charge on any atom is -0.462 e. The third-order valence-corrected chi connectivity index (χ3v) is 14.4. The van der Waals surface area contributed by atoms with Crippen LogP contribution in [0.25, 0.3) is 0 Å². The van der Waals surface area contributed by atoms with Gasteiger partial charge in [0.05, 0.1) is 0 Å². The van der Waals surface area contributed by atoms with Crippen LogP contribution in [0.15, 0.2) is 85.1 Å². The van der Waals surface area contributed by atoms with Crippen molar-refractivity contribution >= 4 is 17.9 Å². The lowest BCUT2D eigenvalue weighted by atomic mass is 10.0. The van der Waals surface area contributed by atoms with Gasteiger partial charge in [0, 0.05) is 19.3 Å².